The van der Waals surface area contributed by atoms with Crippen molar-refractivity contribution in [3.8, 4) is 0 Å². The van der Waals surface area contributed by atoms with Crippen LogP contribution in [0.5, 0.6) is 0 Å². The molecular formula is C17H19NO2S2. The molecule has 0 saturated carbocycles. The molecule has 1 N–H and O–H groups in total. The van der Waals surface area contributed by atoms with E-state index >= 15 is 0 Å². The summed E-state index contributed by atoms with van der Waals surface area (Å²) in [7, 11) is 0. The smallest absolute Gasteiger partial charge is 0.230 e. The molecule has 5 heteroatoms. The van der Waals surface area contributed by atoms with Crippen LogP contribution < -0.4 is 5.32 Å². The Morgan fingerprint density at radius 2 is 1.86 bits per heavy atom. The van der Waals surface area contributed by atoms with Gasteiger partial charge in [-0.25, -0.2) is 0 Å². The molecule has 0 aliphatic rings. The van der Waals surface area contributed by atoms with E-state index in [1.165, 1.54) is 16.6 Å². The lowest BCUT2D eigenvalue weighted by molar-refractivity contribution is -0.119. The highest BCUT2D eigenvalue weighted by molar-refractivity contribution is 8.00. The maximum absolute atomic E-state index is 11.9. The zero-order valence-corrected chi connectivity index (χ0v) is 14.3. The molecule has 0 aliphatic carbocycles. The molecule has 0 saturated heterocycles. The molecule has 1 amide bonds. The molecule has 1 unspecified atom stereocenters. The van der Waals surface area contributed by atoms with Gasteiger partial charge in [-0.3, -0.25) is 9.59 Å². The van der Waals surface area contributed by atoms with Crippen LogP contribution in [0.4, 0.5) is 0 Å². The number of amides is 1. The number of rotatable bonds is 7. The van der Waals surface area contributed by atoms with E-state index in [2.05, 4.69) is 11.4 Å². The minimum absolute atomic E-state index is 0.0108. The maximum atomic E-state index is 11.9. The molecule has 22 heavy (non-hydrogen) atoms. The van der Waals surface area contributed by atoms with Crippen LogP contribution in [0.2, 0.25) is 0 Å². The lowest BCUT2D eigenvalue weighted by Crippen LogP contribution is -2.28. The molecule has 1 aromatic heterocycles. The van der Waals surface area contributed by atoms with E-state index in [1.54, 1.807) is 23.5 Å². The van der Waals surface area contributed by atoms with Gasteiger partial charge in [0.2, 0.25) is 5.91 Å². The average molecular weight is 333 g/mol. The summed E-state index contributed by atoms with van der Waals surface area (Å²) in [6.07, 6.45) is 0. The Balaban J connectivity index is 1.73. The van der Waals surface area contributed by atoms with Gasteiger partial charge in [0.15, 0.2) is 5.78 Å². The van der Waals surface area contributed by atoms with Gasteiger partial charge in [0.1, 0.15) is 0 Å². The molecule has 3 nitrogen and oxygen atoms in total. The number of Topliss-reactive ketones (excluding diaryl/α,β-unsaturated/α-hetero) is 1. The van der Waals surface area contributed by atoms with E-state index in [9.17, 15) is 9.59 Å². The fourth-order valence-corrected chi connectivity index (χ4v) is 3.59. The Bertz CT molecular complexity index is 637. The SMILES string of the molecule is Cc1ccc(C(C)NC(=O)CSCC(=O)c2ccccc2)s1. The van der Waals surface area contributed by atoms with Gasteiger partial charge in [-0.05, 0) is 26.0 Å². The van der Waals surface area contributed by atoms with Crippen LogP contribution in [-0.2, 0) is 4.79 Å². The molecule has 0 aliphatic heterocycles. The van der Waals surface area contributed by atoms with Gasteiger partial charge in [0.05, 0.1) is 17.5 Å². The summed E-state index contributed by atoms with van der Waals surface area (Å²) in [4.78, 5) is 26.2. The first kappa shape index (κ1) is 16.8. The molecule has 1 aromatic carbocycles. The van der Waals surface area contributed by atoms with Crippen molar-refractivity contribution in [1.82, 2.24) is 5.32 Å². The Labute approximate surface area is 139 Å². The zero-order valence-electron chi connectivity index (χ0n) is 12.7. The third kappa shape index (κ3) is 5.00. The Morgan fingerprint density at radius 1 is 1.14 bits per heavy atom. The molecule has 2 rings (SSSR count). The number of ketones is 1. The highest BCUT2D eigenvalue weighted by atomic mass is 32.2. The molecule has 0 bridgehead atoms. The summed E-state index contributed by atoms with van der Waals surface area (Å²) in [5.41, 5.74) is 0.692. The van der Waals surface area contributed by atoms with Crippen molar-refractivity contribution in [3.63, 3.8) is 0 Å². The van der Waals surface area contributed by atoms with Crippen molar-refractivity contribution in [1.29, 1.82) is 0 Å². The molecular weight excluding hydrogens is 314 g/mol. The number of thioether (sulfide) groups is 1. The lowest BCUT2D eigenvalue weighted by atomic mass is 10.2. The van der Waals surface area contributed by atoms with E-state index in [0.717, 1.165) is 4.88 Å². The van der Waals surface area contributed by atoms with Crippen molar-refractivity contribution >= 4 is 34.8 Å². The largest absolute Gasteiger partial charge is 0.348 e. The number of thiophene rings is 1. The van der Waals surface area contributed by atoms with Gasteiger partial charge >= 0.3 is 0 Å². The van der Waals surface area contributed by atoms with Crippen molar-refractivity contribution in [2.75, 3.05) is 11.5 Å². The zero-order chi connectivity index (χ0) is 15.9. The van der Waals surface area contributed by atoms with Crippen LogP contribution >= 0.6 is 23.1 Å². The quantitative estimate of drug-likeness (QED) is 0.783. The number of nitrogens with one attached hydrogen (secondary N) is 1. The summed E-state index contributed by atoms with van der Waals surface area (Å²) in [6, 6.07) is 13.3. The second-order valence-corrected chi connectivity index (χ2v) is 7.32. The monoisotopic (exact) mass is 333 g/mol. The van der Waals surface area contributed by atoms with Crippen molar-refractivity contribution < 1.29 is 9.59 Å². The maximum Gasteiger partial charge on any atom is 0.230 e. The minimum atomic E-state index is -0.0376. The molecule has 2 aromatic rings. The standard InChI is InChI=1S/C17H19NO2S2/c1-12-8-9-16(22-12)13(2)18-17(20)11-21-10-15(19)14-6-4-3-5-7-14/h3-9,13H,10-11H2,1-2H3,(H,18,20). The molecule has 0 spiro atoms. The number of hydrogen-bond acceptors (Lipinski definition) is 4. The number of benzene rings is 1. The fraction of sp³-hybridized carbons (Fsp3) is 0.294. The number of aryl methyl sites for hydroxylation is 1. The van der Waals surface area contributed by atoms with Crippen LogP contribution in [0, 0.1) is 6.92 Å². The lowest BCUT2D eigenvalue weighted by Gasteiger charge is -2.11. The van der Waals surface area contributed by atoms with Gasteiger partial charge in [-0.2, -0.15) is 0 Å². The summed E-state index contributed by atoms with van der Waals surface area (Å²) in [5, 5.41) is 2.96. The average Bonchev–Trinajstić information content (AvgIpc) is 2.94. The highest BCUT2D eigenvalue weighted by Crippen LogP contribution is 2.22. The second-order valence-electron chi connectivity index (χ2n) is 5.02. The summed E-state index contributed by atoms with van der Waals surface area (Å²) >= 11 is 3.04. The first-order valence-electron chi connectivity index (χ1n) is 7.08. The van der Waals surface area contributed by atoms with Gasteiger partial charge in [0.25, 0.3) is 0 Å². The minimum Gasteiger partial charge on any atom is -0.348 e. The summed E-state index contributed by atoms with van der Waals surface area (Å²) < 4.78 is 0. The van der Waals surface area contributed by atoms with E-state index in [4.69, 9.17) is 0 Å². The Morgan fingerprint density at radius 3 is 2.50 bits per heavy atom. The topological polar surface area (TPSA) is 46.2 Å². The van der Waals surface area contributed by atoms with Crippen molar-refractivity contribution in [3.05, 3.63) is 57.8 Å². The normalized spacial score (nSPS) is 11.9. The van der Waals surface area contributed by atoms with Crippen LogP contribution in [0.1, 0.15) is 33.1 Å². The van der Waals surface area contributed by atoms with Crippen LogP contribution in [0.3, 0.4) is 0 Å². The number of carbonyl (C=O) groups excluding carboxylic acids is 2. The van der Waals surface area contributed by atoms with Crippen molar-refractivity contribution in [2.45, 2.75) is 19.9 Å². The third-order valence-electron chi connectivity index (χ3n) is 3.13. The highest BCUT2D eigenvalue weighted by Gasteiger charge is 2.12. The molecule has 1 atom stereocenters. The summed E-state index contributed by atoms with van der Waals surface area (Å²) in [5.74, 6) is 0.640. The molecule has 0 radical (unpaired) electrons. The van der Waals surface area contributed by atoms with E-state index < -0.39 is 0 Å². The Kier molecular flexibility index (Phi) is 6.21. The molecule has 1 heterocycles. The Hall–Kier alpha value is -1.59. The second kappa shape index (κ2) is 8.15. The molecule has 0 fully saturated rings. The first-order valence-corrected chi connectivity index (χ1v) is 9.05. The predicted octanol–water partition coefficient (Wildman–Crippen LogP) is 3.85. The predicted molar refractivity (Wildman–Crippen MR) is 93.7 cm³/mol. The number of carbonyl (C=O) groups is 2. The third-order valence-corrected chi connectivity index (χ3v) is 5.24. The van der Waals surface area contributed by atoms with Gasteiger partial charge < -0.3 is 5.32 Å². The van der Waals surface area contributed by atoms with Gasteiger partial charge in [-0.15, -0.1) is 23.1 Å². The van der Waals surface area contributed by atoms with Crippen LogP contribution in [0.25, 0.3) is 0 Å². The number of hydrogen-bond donors (Lipinski definition) is 1. The van der Waals surface area contributed by atoms with Crippen LogP contribution in [0.15, 0.2) is 42.5 Å². The van der Waals surface area contributed by atoms with E-state index in [-0.39, 0.29) is 17.7 Å². The fourth-order valence-electron chi connectivity index (χ4n) is 1.98. The van der Waals surface area contributed by atoms with Gasteiger partial charge in [0, 0.05) is 15.3 Å². The van der Waals surface area contributed by atoms with Crippen molar-refractivity contribution in [2.24, 2.45) is 0 Å². The first-order chi connectivity index (χ1) is 10.6. The van der Waals surface area contributed by atoms with Crippen LogP contribution in [-0.4, -0.2) is 23.2 Å². The summed E-state index contributed by atoms with van der Waals surface area (Å²) in [6.45, 7) is 4.02. The van der Waals surface area contributed by atoms with E-state index in [0.29, 0.717) is 17.1 Å². The van der Waals surface area contributed by atoms with Gasteiger partial charge in [-0.1, -0.05) is 30.3 Å². The molecule has 116 valence electrons. The van der Waals surface area contributed by atoms with E-state index in [1.807, 2.05) is 38.1 Å².